The summed E-state index contributed by atoms with van der Waals surface area (Å²) in [5, 5.41) is 11.0. The smallest absolute Gasteiger partial charge is 0.477 e. The molecule has 0 aromatic carbocycles. The second-order valence-electron chi connectivity index (χ2n) is 7.92. The number of rotatable bonds is 7. The largest absolute Gasteiger partial charge is 0.504 e. The van der Waals surface area contributed by atoms with E-state index in [1.54, 1.807) is 36.3 Å². The summed E-state index contributed by atoms with van der Waals surface area (Å²) in [4.78, 5) is 12.5. The molecule has 0 radical (unpaired) electrons. The van der Waals surface area contributed by atoms with Crippen LogP contribution in [0, 0.1) is 11.8 Å². The van der Waals surface area contributed by atoms with Crippen molar-refractivity contribution in [2.75, 3.05) is 17.7 Å². The van der Waals surface area contributed by atoms with Crippen LogP contribution in [0.15, 0.2) is 43.1 Å². The Morgan fingerprint density at radius 3 is 2.73 bits per heavy atom. The molecule has 0 saturated carbocycles. The lowest BCUT2D eigenvalue weighted by molar-refractivity contribution is -0.212. The highest BCUT2D eigenvalue weighted by molar-refractivity contribution is 6.29. The number of halogens is 4. The highest BCUT2D eigenvalue weighted by atomic mass is 35.5. The van der Waals surface area contributed by atoms with E-state index in [9.17, 15) is 13.2 Å². The molecule has 0 spiro atoms. The number of ether oxygens (including phenoxy) is 1. The zero-order chi connectivity index (χ0) is 26.6. The molecule has 192 valence electrons. The van der Waals surface area contributed by atoms with E-state index < -0.39 is 6.30 Å². The van der Waals surface area contributed by atoms with Crippen LogP contribution in [0.4, 0.5) is 24.7 Å². The summed E-state index contributed by atoms with van der Waals surface area (Å²) >= 11 is 6.05. The molecule has 4 aromatic rings. The van der Waals surface area contributed by atoms with Crippen molar-refractivity contribution in [3.8, 4) is 29.1 Å². The molecule has 0 aliphatic carbocycles. The van der Waals surface area contributed by atoms with Crippen molar-refractivity contribution in [1.29, 1.82) is 0 Å². The maximum atomic E-state index is 12.7. The van der Waals surface area contributed by atoms with Gasteiger partial charge in [0.1, 0.15) is 16.5 Å². The van der Waals surface area contributed by atoms with Crippen LogP contribution in [0.2, 0.25) is 5.15 Å². The SMILES string of the molecule is C[C@H](CCOc1c(-c2nccc(N)n2)cnn1C)Nc1cc(Cl)ncc1C#Cc1cnn(C(F)(F)F)c1. The molecule has 0 amide bonds. The Morgan fingerprint density at radius 1 is 1.19 bits per heavy atom. The Labute approximate surface area is 214 Å². The van der Waals surface area contributed by atoms with E-state index in [0.717, 1.165) is 12.4 Å². The van der Waals surface area contributed by atoms with Crippen LogP contribution in [0.1, 0.15) is 24.5 Å². The Kier molecular flexibility index (Phi) is 7.49. The van der Waals surface area contributed by atoms with Crippen molar-refractivity contribution in [2.45, 2.75) is 25.7 Å². The quantitative estimate of drug-likeness (QED) is 0.272. The normalized spacial score (nSPS) is 12.1. The summed E-state index contributed by atoms with van der Waals surface area (Å²) < 4.78 is 45.7. The molecule has 0 unspecified atom stereocenters. The number of nitrogens with two attached hydrogens (primary N) is 1. The number of hydrogen-bond acceptors (Lipinski definition) is 8. The highest BCUT2D eigenvalue weighted by Gasteiger charge is 2.31. The molecule has 4 rings (SSSR count). The number of nitrogen functional groups attached to an aromatic ring is 1. The summed E-state index contributed by atoms with van der Waals surface area (Å²) in [6, 6.07) is 3.10. The minimum absolute atomic E-state index is 0.0905. The van der Waals surface area contributed by atoms with Crippen molar-refractivity contribution >= 4 is 23.1 Å². The standard InChI is InChI=1S/C23H21ClF3N9O/c1-14(6-8-37-22-17(12-31-35(22)2)21-29-7-5-20(28)34-21)33-18-9-19(24)30-11-16(18)4-3-15-10-32-36(13-15)23(25,26)27/h5,7,9-14H,6,8H2,1-2H3,(H,30,33)(H2,28,29,34)/t14-/m1/s1. The first-order chi connectivity index (χ1) is 17.6. The zero-order valence-corrected chi connectivity index (χ0v) is 20.4. The first-order valence-corrected chi connectivity index (χ1v) is 11.3. The maximum absolute atomic E-state index is 12.7. The van der Waals surface area contributed by atoms with Crippen molar-refractivity contribution in [3.05, 3.63) is 59.4 Å². The van der Waals surface area contributed by atoms with Gasteiger partial charge in [0.05, 0.1) is 35.8 Å². The van der Waals surface area contributed by atoms with Gasteiger partial charge in [0, 0.05) is 38.1 Å². The zero-order valence-electron chi connectivity index (χ0n) is 19.7. The molecule has 4 heterocycles. The van der Waals surface area contributed by atoms with E-state index in [-0.39, 0.29) is 21.4 Å². The van der Waals surface area contributed by atoms with Gasteiger partial charge in [0.2, 0.25) is 5.88 Å². The first-order valence-electron chi connectivity index (χ1n) is 10.9. The number of hydrogen-bond donors (Lipinski definition) is 2. The molecule has 1 atom stereocenters. The molecule has 0 aliphatic rings. The van der Waals surface area contributed by atoms with Gasteiger partial charge >= 0.3 is 6.30 Å². The van der Waals surface area contributed by atoms with E-state index >= 15 is 0 Å². The minimum atomic E-state index is -4.61. The lowest BCUT2D eigenvalue weighted by Gasteiger charge is -2.17. The molecular formula is C23H21ClF3N9O. The maximum Gasteiger partial charge on any atom is 0.504 e. The summed E-state index contributed by atoms with van der Waals surface area (Å²) in [6.07, 6.45) is 2.43. The van der Waals surface area contributed by atoms with Crippen LogP contribution in [0.25, 0.3) is 11.4 Å². The predicted molar refractivity (Wildman–Crippen MR) is 131 cm³/mol. The molecule has 37 heavy (non-hydrogen) atoms. The Bertz CT molecular complexity index is 1460. The molecular weight excluding hydrogens is 511 g/mol. The molecule has 14 heteroatoms. The molecule has 0 saturated heterocycles. The van der Waals surface area contributed by atoms with E-state index in [1.807, 2.05) is 6.92 Å². The molecule has 0 fully saturated rings. The third kappa shape index (κ3) is 6.47. The Balaban J connectivity index is 1.42. The number of aryl methyl sites for hydroxylation is 1. The van der Waals surface area contributed by atoms with E-state index in [0.29, 0.717) is 47.4 Å². The van der Waals surface area contributed by atoms with Crippen LogP contribution >= 0.6 is 11.6 Å². The summed E-state index contributed by atoms with van der Waals surface area (Å²) in [6.45, 7) is 2.27. The third-order valence-corrected chi connectivity index (χ3v) is 5.26. The van der Waals surface area contributed by atoms with Crippen LogP contribution < -0.4 is 15.8 Å². The van der Waals surface area contributed by atoms with Gasteiger partial charge in [-0.2, -0.15) is 14.9 Å². The molecule has 0 bridgehead atoms. The number of aromatic nitrogens is 7. The topological polar surface area (TPSA) is 122 Å². The van der Waals surface area contributed by atoms with Gasteiger partial charge in [-0.05, 0) is 19.1 Å². The van der Waals surface area contributed by atoms with Crippen molar-refractivity contribution in [1.82, 2.24) is 34.5 Å². The van der Waals surface area contributed by atoms with Gasteiger partial charge in [-0.25, -0.2) is 19.6 Å². The third-order valence-electron chi connectivity index (χ3n) is 5.05. The molecule has 3 N–H and O–H groups in total. The van der Waals surface area contributed by atoms with E-state index in [1.165, 1.54) is 6.20 Å². The van der Waals surface area contributed by atoms with Crippen LogP contribution in [0.5, 0.6) is 5.88 Å². The highest BCUT2D eigenvalue weighted by Crippen LogP contribution is 2.27. The summed E-state index contributed by atoms with van der Waals surface area (Å²) in [5.74, 6) is 6.73. The van der Waals surface area contributed by atoms with Gasteiger partial charge in [-0.3, -0.25) is 0 Å². The van der Waals surface area contributed by atoms with Crippen LogP contribution in [0.3, 0.4) is 0 Å². The first kappa shape index (κ1) is 25.8. The van der Waals surface area contributed by atoms with Gasteiger partial charge in [-0.15, -0.1) is 13.2 Å². The molecule has 4 aromatic heterocycles. The lowest BCUT2D eigenvalue weighted by Crippen LogP contribution is -2.19. The fourth-order valence-corrected chi connectivity index (χ4v) is 3.40. The summed E-state index contributed by atoms with van der Waals surface area (Å²) in [7, 11) is 1.75. The fraction of sp³-hybridized carbons (Fsp3) is 0.261. The van der Waals surface area contributed by atoms with E-state index in [4.69, 9.17) is 22.1 Å². The van der Waals surface area contributed by atoms with Gasteiger partial charge < -0.3 is 15.8 Å². The van der Waals surface area contributed by atoms with Crippen molar-refractivity contribution < 1.29 is 17.9 Å². The van der Waals surface area contributed by atoms with E-state index in [2.05, 4.69) is 42.3 Å². The van der Waals surface area contributed by atoms with Crippen molar-refractivity contribution in [3.63, 3.8) is 0 Å². The second-order valence-corrected chi connectivity index (χ2v) is 8.31. The number of alkyl halides is 3. The average Bonchev–Trinajstić information content (AvgIpc) is 3.46. The Morgan fingerprint density at radius 2 is 2.00 bits per heavy atom. The number of pyridine rings is 1. The lowest BCUT2D eigenvalue weighted by atomic mass is 10.2. The summed E-state index contributed by atoms with van der Waals surface area (Å²) in [5.41, 5.74) is 7.53. The fourth-order valence-electron chi connectivity index (χ4n) is 3.24. The predicted octanol–water partition coefficient (Wildman–Crippen LogP) is 3.85. The molecule has 10 nitrogen and oxygen atoms in total. The molecule has 0 aliphatic heterocycles. The van der Waals surface area contributed by atoms with Crippen molar-refractivity contribution in [2.24, 2.45) is 7.05 Å². The minimum Gasteiger partial charge on any atom is -0.477 e. The van der Waals surface area contributed by atoms with Crippen LogP contribution in [-0.4, -0.2) is 47.2 Å². The number of nitrogens with zero attached hydrogens (tertiary/aromatic N) is 7. The number of nitrogens with one attached hydrogen (secondary N) is 1. The van der Waals surface area contributed by atoms with Crippen LogP contribution in [-0.2, 0) is 13.3 Å². The van der Waals surface area contributed by atoms with Gasteiger partial charge in [0.15, 0.2) is 5.82 Å². The Hall–Kier alpha value is -4.31. The second kappa shape index (κ2) is 10.8. The van der Waals surface area contributed by atoms with Gasteiger partial charge in [-0.1, -0.05) is 23.4 Å². The average molecular weight is 532 g/mol. The number of anilines is 2. The van der Waals surface area contributed by atoms with Gasteiger partial charge in [0.25, 0.3) is 0 Å². The monoisotopic (exact) mass is 531 g/mol.